The number of hydrogen-bond donors (Lipinski definition) is 2. The van der Waals surface area contributed by atoms with Gasteiger partial charge in [-0.1, -0.05) is 65.8 Å². The van der Waals surface area contributed by atoms with E-state index in [-0.39, 0.29) is 18.8 Å². The average Bonchev–Trinajstić information content (AvgIpc) is 3.43. The van der Waals surface area contributed by atoms with Gasteiger partial charge in [-0.05, 0) is 18.1 Å². The molecule has 10 nitrogen and oxygen atoms in total. The molecule has 1 fully saturated rings. The molecule has 0 aliphatic carbocycles. The van der Waals surface area contributed by atoms with Gasteiger partial charge in [-0.3, -0.25) is 29.6 Å². The zero-order valence-electron chi connectivity index (χ0n) is 19.0. The number of hydrazine groups is 1. The Morgan fingerprint density at radius 1 is 1.09 bits per heavy atom. The van der Waals surface area contributed by atoms with Crippen LogP contribution in [0.2, 0.25) is 0 Å². The third-order valence-electron chi connectivity index (χ3n) is 5.47. The maximum Gasteiger partial charge on any atom is 0.311 e. The second-order valence-corrected chi connectivity index (χ2v) is 8.11. The Morgan fingerprint density at radius 2 is 1.71 bits per heavy atom. The van der Waals surface area contributed by atoms with E-state index < -0.39 is 42.1 Å². The Hall–Kier alpha value is -4.47. The molecule has 2 heterocycles. The van der Waals surface area contributed by atoms with E-state index in [1.54, 1.807) is 6.92 Å². The van der Waals surface area contributed by atoms with Gasteiger partial charge in [-0.25, -0.2) is 0 Å². The highest BCUT2D eigenvalue weighted by molar-refractivity contribution is 5.94. The summed E-state index contributed by atoms with van der Waals surface area (Å²) in [6.07, 6.45) is -0.134. The van der Waals surface area contributed by atoms with Crippen molar-refractivity contribution in [2.75, 3.05) is 18.5 Å². The minimum absolute atomic E-state index is 0.0518. The molecule has 2 N–H and O–H groups in total. The van der Waals surface area contributed by atoms with Crippen LogP contribution in [0.4, 0.5) is 5.82 Å². The highest BCUT2D eigenvalue weighted by Crippen LogP contribution is 2.26. The van der Waals surface area contributed by atoms with Crippen LogP contribution in [0.1, 0.15) is 29.2 Å². The Morgan fingerprint density at radius 3 is 2.29 bits per heavy atom. The third-order valence-corrected chi connectivity index (χ3v) is 5.47. The lowest BCUT2D eigenvalue weighted by Crippen LogP contribution is -2.45. The van der Waals surface area contributed by atoms with Crippen LogP contribution in [-0.2, 0) is 23.9 Å². The van der Waals surface area contributed by atoms with Crippen molar-refractivity contribution in [3.05, 3.63) is 83.6 Å². The van der Waals surface area contributed by atoms with Crippen molar-refractivity contribution in [1.29, 1.82) is 0 Å². The first-order valence-corrected chi connectivity index (χ1v) is 11.0. The maximum atomic E-state index is 13.2. The van der Waals surface area contributed by atoms with E-state index in [1.165, 1.54) is 6.07 Å². The quantitative estimate of drug-likeness (QED) is 0.477. The predicted molar refractivity (Wildman–Crippen MR) is 124 cm³/mol. The van der Waals surface area contributed by atoms with Crippen LogP contribution < -0.4 is 10.7 Å². The fraction of sp³-hybridized carbons (Fsp3) is 0.240. The molecule has 1 aromatic heterocycles. The van der Waals surface area contributed by atoms with Crippen molar-refractivity contribution in [1.82, 2.24) is 15.6 Å². The second-order valence-electron chi connectivity index (χ2n) is 8.11. The number of anilines is 1. The smallest absolute Gasteiger partial charge is 0.311 e. The zero-order chi connectivity index (χ0) is 24.8. The molecule has 1 atom stereocenters. The molecule has 3 amide bonds. The van der Waals surface area contributed by atoms with Gasteiger partial charge >= 0.3 is 5.97 Å². The van der Waals surface area contributed by atoms with E-state index in [9.17, 15) is 19.2 Å². The van der Waals surface area contributed by atoms with Gasteiger partial charge in [0.05, 0.1) is 18.4 Å². The van der Waals surface area contributed by atoms with Crippen molar-refractivity contribution in [3.63, 3.8) is 0 Å². The number of aryl methyl sites for hydroxylation is 1. The standard InChI is InChI=1S/C25H24N4O6/c1-16-12-20(28-35-16)26-21(30)15-34-25(33)19-13-22(31)29(14-19)27-24(32)23(17-8-4-2-5-9-17)18-10-6-3-7-11-18/h2-12,19,23H,13-15H2,1H3,(H,27,32)(H,26,28,30)/t19-/m0/s1. The van der Waals surface area contributed by atoms with Gasteiger partial charge in [0.2, 0.25) is 5.91 Å². The van der Waals surface area contributed by atoms with Gasteiger partial charge in [0, 0.05) is 12.5 Å². The molecule has 10 heteroatoms. The largest absolute Gasteiger partial charge is 0.455 e. The minimum Gasteiger partial charge on any atom is -0.455 e. The van der Waals surface area contributed by atoms with E-state index in [4.69, 9.17) is 9.26 Å². The molecule has 0 radical (unpaired) electrons. The molecule has 1 aliphatic rings. The lowest BCUT2D eigenvalue weighted by molar-refractivity contribution is -0.151. The molecule has 0 spiro atoms. The number of aromatic nitrogens is 1. The summed E-state index contributed by atoms with van der Waals surface area (Å²) >= 11 is 0. The summed E-state index contributed by atoms with van der Waals surface area (Å²) in [5.74, 6) is -2.82. The Balaban J connectivity index is 1.35. The molecule has 4 rings (SSSR count). The Bertz CT molecular complexity index is 1170. The summed E-state index contributed by atoms with van der Waals surface area (Å²) in [6, 6.07) is 20.0. The number of hydrogen-bond acceptors (Lipinski definition) is 7. The molecular weight excluding hydrogens is 452 g/mol. The molecule has 1 aliphatic heterocycles. The molecule has 0 bridgehead atoms. The fourth-order valence-corrected chi connectivity index (χ4v) is 3.82. The molecule has 1 saturated heterocycles. The Kier molecular flexibility index (Phi) is 7.20. The highest BCUT2D eigenvalue weighted by Gasteiger charge is 2.37. The van der Waals surface area contributed by atoms with E-state index in [0.717, 1.165) is 16.1 Å². The van der Waals surface area contributed by atoms with Crippen LogP contribution in [0.15, 0.2) is 71.3 Å². The number of benzene rings is 2. The minimum atomic E-state index is -0.809. The molecule has 2 aromatic carbocycles. The van der Waals surface area contributed by atoms with Crippen LogP contribution >= 0.6 is 0 Å². The van der Waals surface area contributed by atoms with Gasteiger partial charge in [-0.2, -0.15) is 0 Å². The van der Waals surface area contributed by atoms with Crippen LogP contribution in [0.3, 0.4) is 0 Å². The van der Waals surface area contributed by atoms with Crippen molar-refractivity contribution in [2.45, 2.75) is 19.3 Å². The summed E-state index contributed by atoms with van der Waals surface area (Å²) in [4.78, 5) is 50.1. The van der Waals surface area contributed by atoms with Crippen molar-refractivity contribution in [2.24, 2.45) is 5.92 Å². The van der Waals surface area contributed by atoms with Crippen LogP contribution in [-0.4, -0.2) is 47.0 Å². The van der Waals surface area contributed by atoms with Gasteiger partial charge in [0.1, 0.15) is 5.76 Å². The first-order chi connectivity index (χ1) is 16.9. The maximum absolute atomic E-state index is 13.2. The third kappa shape index (κ3) is 5.91. The van der Waals surface area contributed by atoms with Crippen LogP contribution in [0.25, 0.3) is 0 Å². The molecule has 3 aromatic rings. The van der Waals surface area contributed by atoms with Gasteiger partial charge in [0.25, 0.3) is 11.8 Å². The monoisotopic (exact) mass is 476 g/mol. The lowest BCUT2D eigenvalue weighted by atomic mass is 9.91. The predicted octanol–water partition coefficient (Wildman–Crippen LogP) is 2.18. The summed E-state index contributed by atoms with van der Waals surface area (Å²) in [6.45, 7) is 1.09. The van der Waals surface area contributed by atoms with E-state index >= 15 is 0 Å². The topological polar surface area (TPSA) is 131 Å². The summed E-state index contributed by atoms with van der Waals surface area (Å²) in [5, 5.41) is 7.20. The molecular formula is C25H24N4O6. The Labute approximate surface area is 201 Å². The van der Waals surface area contributed by atoms with Crippen molar-refractivity contribution in [3.8, 4) is 0 Å². The lowest BCUT2D eigenvalue weighted by Gasteiger charge is -2.23. The number of carbonyl (C=O) groups excluding carboxylic acids is 4. The number of amides is 3. The average molecular weight is 476 g/mol. The first kappa shape index (κ1) is 23.7. The molecule has 0 unspecified atom stereocenters. The second kappa shape index (κ2) is 10.6. The molecule has 35 heavy (non-hydrogen) atoms. The first-order valence-electron chi connectivity index (χ1n) is 11.0. The fourth-order valence-electron chi connectivity index (χ4n) is 3.82. The number of rotatable bonds is 8. The molecule has 0 saturated carbocycles. The van der Waals surface area contributed by atoms with Gasteiger partial charge in [-0.15, -0.1) is 0 Å². The number of nitrogens with zero attached hydrogens (tertiary/aromatic N) is 2. The summed E-state index contributed by atoms with van der Waals surface area (Å²) in [7, 11) is 0. The van der Waals surface area contributed by atoms with Crippen LogP contribution in [0, 0.1) is 12.8 Å². The van der Waals surface area contributed by atoms with E-state index in [1.807, 2.05) is 60.7 Å². The normalized spacial score (nSPS) is 15.2. The van der Waals surface area contributed by atoms with Gasteiger partial charge < -0.3 is 14.6 Å². The van der Waals surface area contributed by atoms with Crippen molar-refractivity contribution >= 4 is 29.5 Å². The van der Waals surface area contributed by atoms with E-state index in [0.29, 0.717) is 5.76 Å². The number of nitrogens with one attached hydrogen (secondary N) is 2. The zero-order valence-corrected chi connectivity index (χ0v) is 19.0. The number of esters is 1. The van der Waals surface area contributed by atoms with Crippen LogP contribution in [0.5, 0.6) is 0 Å². The van der Waals surface area contributed by atoms with Gasteiger partial charge in [0.15, 0.2) is 12.4 Å². The highest BCUT2D eigenvalue weighted by atomic mass is 16.5. The summed E-state index contributed by atoms with van der Waals surface area (Å²) in [5.41, 5.74) is 4.19. The van der Waals surface area contributed by atoms with E-state index in [2.05, 4.69) is 15.9 Å². The SMILES string of the molecule is Cc1cc(NC(=O)COC(=O)[C@H]2CC(=O)N(NC(=O)C(c3ccccc3)c3ccccc3)C2)no1. The summed E-state index contributed by atoms with van der Waals surface area (Å²) < 4.78 is 9.90. The number of ether oxygens (including phenoxy) is 1. The molecule has 180 valence electrons. The number of carbonyl (C=O) groups is 4. The van der Waals surface area contributed by atoms with Crippen molar-refractivity contribution < 1.29 is 28.4 Å².